The summed E-state index contributed by atoms with van der Waals surface area (Å²) in [6.45, 7) is 0.589. The van der Waals surface area contributed by atoms with E-state index in [9.17, 15) is 4.79 Å². The number of methoxy groups -OCH3 is 1. The monoisotopic (exact) mass is 321 g/mol. The van der Waals surface area contributed by atoms with Crippen molar-refractivity contribution >= 4 is 27.6 Å². The number of rotatable bonds is 4. The summed E-state index contributed by atoms with van der Waals surface area (Å²) in [7, 11) is 1.59. The van der Waals surface area contributed by atoms with E-state index < -0.39 is 5.63 Å². The molecule has 0 saturated heterocycles. The molecule has 0 atom stereocenters. The molecule has 0 aliphatic heterocycles. The molecular weight excluding hydrogens is 306 g/mol. The smallest absolute Gasteiger partial charge is 0.338 e. The van der Waals surface area contributed by atoms with Gasteiger partial charge in [0, 0.05) is 18.7 Å². The highest BCUT2D eigenvalue weighted by Gasteiger charge is 2.16. The number of ether oxygens (including phenoxy) is 1. The Kier molecular flexibility index (Phi) is 3.46. The fraction of sp³-hybridized carbons (Fsp3) is 0.105. The number of nitrogens with one attached hydrogen (secondary N) is 1. The van der Waals surface area contributed by atoms with Crippen LogP contribution < -0.4 is 15.7 Å². The molecule has 0 aliphatic carbocycles. The molecule has 0 radical (unpaired) electrons. The van der Waals surface area contributed by atoms with Gasteiger partial charge in [0.05, 0.1) is 29.8 Å². The first-order valence-electron chi connectivity index (χ1n) is 7.56. The number of hydrogen-bond donors (Lipinski definition) is 1. The van der Waals surface area contributed by atoms with Gasteiger partial charge >= 0.3 is 5.63 Å². The van der Waals surface area contributed by atoms with Crippen LogP contribution in [-0.2, 0) is 6.54 Å². The number of anilines is 1. The van der Waals surface area contributed by atoms with Crippen LogP contribution in [0.4, 0.5) is 5.69 Å². The zero-order valence-corrected chi connectivity index (χ0v) is 13.0. The molecule has 0 aliphatic rings. The van der Waals surface area contributed by atoms with E-state index in [0.717, 1.165) is 16.3 Å². The topological polar surface area (TPSA) is 64.6 Å². The minimum absolute atomic E-state index is 0.425. The lowest BCUT2D eigenvalue weighted by molar-refractivity contribution is 0.423. The normalized spacial score (nSPS) is 11.0. The SMILES string of the molecule is COc1c2ccoc2cc2oc(=O)cc(NCc3ccccc3)c12. The van der Waals surface area contributed by atoms with Crippen LogP contribution in [0.2, 0.25) is 0 Å². The molecular formula is C19H15NO4. The summed E-state index contributed by atoms with van der Waals surface area (Å²) in [6, 6.07) is 14.9. The zero-order chi connectivity index (χ0) is 16.5. The minimum Gasteiger partial charge on any atom is -0.495 e. The molecule has 5 nitrogen and oxygen atoms in total. The average molecular weight is 321 g/mol. The van der Waals surface area contributed by atoms with E-state index in [1.165, 1.54) is 6.07 Å². The first kappa shape index (κ1) is 14.4. The van der Waals surface area contributed by atoms with Crippen LogP contribution in [0.3, 0.4) is 0 Å². The molecule has 120 valence electrons. The standard InChI is InChI=1S/C19H15NO4/c1-22-19-13-7-8-23-15(13)10-16-18(19)14(9-17(21)24-16)20-11-12-5-3-2-4-6-12/h2-10,20H,11H2,1H3. The van der Waals surface area contributed by atoms with Crippen LogP contribution in [0.25, 0.3) is 21.9 Å². The Balaban J connectivity index is 1.88. The van der Waals surface area contributed by atoms with Crippen LogP contribution in [0.5, 0.6) is 5.75 Å². The van der Waals surface area contributed by atoms with Gasteiger partial charge in [0.15, 0.2) is 0 Å². The maximum Gasteiger partial charge on any atom is 0.338 e. The molecule has 24 heavy (non-hydrogen) atoms. The molecule has 0 amide bonds. The van der Waals surface area contributed by atoms with Gasteiger partial charge in [0.1, 0.15) is 16.9 Å². The van der Waals surface area contributed by atoms with Crippen molar-refractivity contribution in [1.29, 1.82) is 0 Å². The van der Waals surface area contributed by atoms with Crippen molar-refractivity contribution in [2.75, 3.05) is 12.4 Å². The second-order valence-electron chi connectivity index (χ2n) is 5.43. The second-order valence-corrected chi connectivity index (χ2v) is 5.43. The van der Waals surface area contributed by atoms with Gasteiger partial charge in [-0.05, 0) is 11.6 Å². The lowest BCUT2D eigenvalue weighted by Crippen LogP contribution is -2.05. The van der Waals surface area contributed by atoms with E-state index in [-0.39, 0.29) is 0 Å². The average Bonchev–Trinajstić information content (AvgIpc) is 3.06. The second kappa shape index (κ2) is 5.77. The fourth-order valence-corrected chi connectivity index (χ4v) is 2.87. The molecule has 2 aromatic carbocycles. The molecule has 5 heteroatoms. The Bertz CT molecular complexity index is 1060. The van der Waals surface area contributed by atoms with Crippen LogP contribution in [0.1, 0.15) is 5.56 Å². The van der Waals surface area contributed by atoms with Crippen molar-refractivity contribution in [3.05, 3.63) is 70.8 Å². The van der Waals surface area contributed by atoms with Gasteiger partial charge in [-0.3, -0.25) is 0 Å². The Morgan fingerprint density at radius 3 is 2.71 bits per heavy atom. The summed E-state index contributed by atoms with van der Waals surface area (Å²) in [5.41, 5.74) is 2.40. The quantitative estimate of drug-likeness (QED) is 0.572. The van der Waals surface area contributed by atoms with Crippen LogP contribution in [-0.4, -0.2) is 7.11 Å². The predicted octanol–water partition coefficient (Wildman–Crippen LogP) is 4.16. The Labute approximate surface area is 137 Å². The molecule has 2 heterocycles. The first-order chi connectivity index (χ1) is 11.8. The number of fused-ring (bicyclic) bond motifs is 2. The van der Waals surface area contributed by atoms with Crippen molar-refractivity contribution < 1.29 is 13.6 Å². The van der Waals surface area contributed by atoms with Gasteiger partial charge in [-0.15, -0.1) is 0 Å². The highest BCUT2D eigenvalue weighted by atomic mass is 16.5. The van der Waals surface area contributed by atoms with Crippen LogP contribution in [0.15, 0.2) is 68.4 Å². The van der Waals surface area contributed by atoms with Gasteiger partial charge in [-0.1, -0.05) is 30.3 Å². The predicted molar refractivity (Wildman–Crippen MR) is 92.6 cm³/mol. The molecule has 4 rings (SSSR count). The van der Waals surface area contributed by atoms with Crippen LogP contribution >= 0.6 is 0 Å². The van der Waals surface area contributed by atoms with Gasteiger partial charge in [0.2, 0.25) is 0 Å². The van der Waals surface area contributed by atoms with E-state index >= 15 is 0 Å². The maximum atomic E-state index is 11.9. The van der Waals surface area contributed by atoms with Crippen molar-refractivity contribution in [2.24, 2.45) is 0 Å². The molecule has 0 spiro atoms. The van der Waals surface area contributed by atoms with E-state index in [0.29, 0.717) is 29.1 Å². The number of furan rings is 1. The highest BCUT2D eigenvalue weighted by molar-refractivity contribution is 6.06. The summed E-state index contributed by atoms with van der Waals surface area (Å²) in [5, 5.41) is 4.86. The number of benzene rings is 2. The number of hydrogen-bond acceptors (Lipinski definition) is 5. The molecule has 2 aromatic heterocycles. The third-order valence-corrected chi connectivity index (χ3v) is 3.95. The van der Waals surface area contributed by atoms with Crippen molar-refractivity contribution in [2.45, 2.75) is 6.54 Å². The lowest BCUT2D eigenvalue weighted by Gasteiger charge is -2.12. The Morgan fingerprint density at radius 2 is 1.92 bits per heavy atom. The lowest BCUT2D eigenvalue weighted by atomic mass is 10.1. The summed E-state index contributed by atoms with van der Waals surface area (Å²) >= 11 is 0. The molecule has 4 aromatic rings. The summed E-state index contributed by atoms with van der Waals surface area (Å²) in [5.74, 6) is 0.621. The molecule has 1 N–H and O–H groups in total. The third-order valence-electron chi connectivity index (χ3n) is 3.95. The fourth-order valence-electron chi connectivity index (χ4n) is 2.87. The van der Waals surface area contributed by atoms with Crippen molar-refractivity contribution in [1.82, 2.24) is 0 Å². The summed E-state index contributed by atoms with van der Waals surface area (Å²) < 4.78 is 16.3. The summed E-state index contributed by atoms with van der Waals surface area (Å²) in [6.07, 6.45) is 1.58. The Morgan fingerprint density at radius 1 is 1.08 bits per heavy atom. The Hall–Kier alpha value is -3.21. The zero-order valence-electron chi connectivity index (χ0n) is 13.0. The first-order valence-corrected chi connectivity index (χ1v) is 7.56. The third kappa shape index (κ3) is 2.40. The molecule has 0 unspecified atom stereocenters. The van der Waals surface area contributed by atoms with Gasteiger partial charge in [0.25, 0.3) is 0 Å². The molecule has 0 bridgehead atoms. The largest absolute Gasteiger partial charge is 0.495 e. The summed E-state index contributed by atoms with van der Waals surface area (Å²) in [4.78, 5) is 11.9. The van der Waals surface area contributed by atoms with Gasteiger partial charge in [-0.2, -0.15) is 0 Å². The van der Waals surface area contributed by atoms with E-state index in [1.807, 2.05) is 36.4 Å². The van der Waals surface area contributed by atoms with E-state index in [2.05, 4.69) is 5.32 Å². The van der Waals surface area contributed by atoms with E-state index in [1.54, 1.807) is 19.4 Å². The van der Waals surface area contributed by atoms with Gasteiger partial charge in [-0.25, -0.2) is 4.79 Å². The van der Waals surface area contributed by atoms with Gasteiger partial charge < -0.3 is 18.9 Å². The highest BCUT2D eigenvalue weighted by Crippen LogP contribution is 2.38. The van der Waals surface area contributed by atoms with E-state index in [4.69, 9.17) is 13.6 Å². The minimum atomic E-state index is -0.425. The van der Waals surface area contributed by atoms with Crippen molar-refractivity contribution in [3.8, 4) is 5.75 Å². The van der Waals surface area contributed by atoms with Crippen molar-refractivity contribution in [3.63, 3.8) is 0 Å². The maximum absolute atomic E-state index is 11.9. The molecule has 0 saturated carbocycles. The molecule has 0 fully saturated rings. The van der Waals surface area contributed by atoms with Crippen LogP contribution in [0, 0.1) is 0 Å².